The molecule has 3 rings (SSSR count). The maximum Gasteiger partial charge on any atom is 0.166 e. The first-order valence-electron chi connectivity index (χ1n) is 14.3. The number of carbonyl (C=O) groups excluding carboxylic acids is 1. The van der Waals surface area contributed by atoms with Gasteiger partial charge in [-0.05, 0) is 69.0 Å². The second-order valence-electron chi connectivity index (χ2n) is 10.7. The summed E-state index contributed by atoms with van der Waals surface area (Å²) in [6.45, 7) is 12.9. The van der Waals surface area contributed by atoms with Gasteiger partial charge in [-0.15, -0.1) is 0 Å². The zero-order valence-electron chi connectivity index (χ0n) is 24.7. The van der Waals surface area contributed by atoms with Crippen LogP contribution in [0.3, 0.4) is 0 Å². The minimum Gasteiger partial charge on any atom is -0.374 e. The van der Waals surface area contributed by atoms with E-state index in [4.69, 9.17) is 4.74 Å². The van der Waals surface area contributed by atoms with Crippen molar-refractivity contribution in [2.45, 2.75) is 51.2 Å². The Morgan fingerprint density at radius 3 is 2.67 bits per heavy atom. The summed E-state index contributed by atoms with van der Waals surface area (Å²) in [5, 5.41) is 3.08. The molecule has 2 aromatic carbocycles. The standard InChI is InChI=1S/C34H46N4O2/c1-7-32-31(24-36-26(3)35-8-2)33(39)18-17-28(19-22-38(32)6)30-16-12-13-27(23-30)25-40-34(20-21-37(4)5)29-14-10-9-11-15-29/h7,9-16,23-24,28,34-35H,1,3,8,17-22,25H2,2,4-6H3/b32-31-,36-24?/t28?,34-/m1/s1. The summed E-state index contributed by atoms with van der Waals surface area (Å²) in [6.07, 6.45) is 6.53. The van der Waals surface area contributed by atoms with Crippen LogP contribution in [0.1, 0.15) is 61.3 Å². The summed E-state index contributed by atoms with van der Waals surface area (Å²) in [5.41, 5.74) is 5.01. The average Bonchev–Trinajstić information content (AvgIpc) is 3.00. The number of ether oxygens (including phenoxy) is 1. The van der Waals surface area contributed by atoms with E-state index in [-0.39, 0.29) is 17.8 Å². The van der Waals surface area contributed by atoms with Crippen molar-refractivity contribution in [1.82, 2.24) is 15.1 Å². The van der Waals surface area contributed by atoms with Crippen molar-refractivity contribution in [2.75, 3.05) is 40.8 Å². The Morgan fingerprint density at radius 1 is 1.20 bits per heavy atom. The lowest BCUT2D eigenvalue weighted by Crippen LogP contribution is -2.22. The molecular weight excluding hydrogens is 496 g/mol. The Balaban J connectivity index is 1.74. The molecule has 6 nitrogen and oxygen atoms in total. The van der Waals surface area contributed by atoms with Gasteiger partial charge in [0.05, 0.1) is 18.3 Å². The van der Waals surface area contributed by atoms with Crippen LogP contribution in [-0.2, 0) is 16.1 Å². The molecule has 1 unspecified atom stereocenters. The van der Waals surface area contributed by atoms with Gasteiger partial charge in [0.25, 0.3) is 0 Å². The summed E-state index contributed by atoms with van der Waals surface area (Å²) in [5.74, 6) is 0.888. The van der Waals surface area contributed by atoms with E-state index in [0.717, 1.165) is 50.2 Å². The van der Waals surface area contributed by atoms with E-state index in [0.29, 0.717) is 24.4 Å². The van der Waals surface area contributed by atoms with Crippen LogP contribution in [0.25, 0.3) is 0 Å². The fourth-order valence-electron chi connectivity index (χ4n) is 5.06. The lowest BCUT2D eigenvalue weighted by Gasteiger charge is -2.24. The number of hydrogen-bond acceptors (Lipinski definition) is 6. The van der Waals surface area contributed by atoms with Gasteiger partial charge >= 0.3 is 0 Å². The van der Waals surface area contributed by atoms with Gasteiger partial charge in [-0.2, -0.15) is 0 Å². The number of Topliss-reactive ketones (excluding diaryl/α,β-unsaturated/α-hetero) is 1. The largest absolute Gasteiger partial charge is 0.374 e. The average molecular weight is 543 g/mol. The highest BCUT2D eigenvalue weighted by atomic mass is 16.5. The second-order valence-corrected chi connectivity index (χ2v) is 10.7. The Kier molecular flexibility index (Phi) is 12.4. The number of aliphatic imine (C=N–C) groups is 1. The SMILES string of the molecule is C=C/C1=C(\C=NC(=C)NCC)C(=O)CCC(c2cccc(CO[C@H](CCN(C)C)c3ccccc3)c2)CCN1C. The normalized spacial score (nSPS) is 19.3. The second kappa shape index (κ2) is 15.9. The first-order chi connectivity index (χ1) is 19.3. The Bertz CT molecular complexity index is 1190. The van der Waals surface area contributed by atoms with E-state index in [1.807, 2.05) is 20.0 Å². The third kappa shape index (κ3) is 9.32. The summed E-state index contributed by atoms with van der Waals surface area (Å²) in [4.78, 5) is 22.1. The number of nitrogens with one attached hydrogen (secondary N) is 1. The highest BCUT2D eigenvalue weighted by Crippen LogP contribution is 2.30. The number of rotatable bonds is 13. The van der Waals surface area contributed by atoms with Crippen LogP contribution in [-0.4, -0.2) is 62.6 Å². The van der Waals surface area contributed by atoms with E-state index >= 15 is 0 Å². The van der Waals surface area contributed by atoms with Crippen molar-refractivity contribution in [3.05, 3.63) is 108 Å². The fourth-order valence-corrected chi connectivity index (χ4v) is 5.06. The molecule has 1 heterocycles. The molecule has 0 spiro atoms. The van der Waals surface area contributed by atoms with Gasteiger partial charge in [0, 0.05) is 45.0 Å². The first-order valence-corrected chi connectivity index (χ1v) is 14.3. The topological polar surface area (TPSA) is 57.2 Å². The predicted octanol–water partition coefficient (Wildman–Crippen LogP) is 6.26. The minimum atomic E-state index is 0.0375. The molecule has 0 aliphatic carbocycles. The van der Waals surface area contributed by atoms with Gasteiger partial charge in [0.15, 0.2) is 5.78 Å². The van der Waals surface area contributed by atoms with Crippen LogP contribution in [0.4, 0.5) is 0 Å². The van der Waals surface area contributed by atoms with Gasteiger partial charge in [-0.1, -0.05) is 67.8 Å². The molecule has 1 aliphatic rings. The van der Waals surface area contributed by atoms with Crippen LogP contribution in [0.2, 0.25) is 0 Å². The lowest BCUT2D eigenvalue weighted by atomic mass is 9.89. The van der Waals surface area contributed by atoms with Crippen molar-refractivity contribution in [3.63, 3.8) is 0 Å². The number of benzene rings is 2. The number of carbonyl (C=O) groups is 1. The molecule has 214 valence electrons. The third-order valence-corrected chi connectivity index (χ3v) is 7.33. The molecule has 2 atom stereocenters. The highest BCUT2D eigenvalue weighted by molar-refractivity contribution is 6.14. The number of allylic oxidation sites excluding steroid dienone is 2. The van der Waals surface area contributed by atoms with Crippen LogP contribution in [0.5, 0.6) is 0 Å². The summed E-state index contributed by atoms with van der Waals surface area (Å²) < 4.78 is 6.48. The van der Waals surface area contributed by atoms with Crippen LogP contribution in [0.15, 0.2) is 95.9 Å². The first kappa shape index (κ1) is 31.1. The highest BCUT2D eigenvalue weighted by Gasteiger charge is 2.22. The zero-order valence-corrected chi connectivity index (χ0v) is 24.7. The van der Waals surface area contributed by atoms with Crippen LogP contribution >= 0.6 is 0 Å². The van der Waals surface area contributed by atoms with E-state index in [2.05, 4.69) is 95.9 Å². The quantitative estimate of drug-likeness (QED) is 0.303. The fraction of sp³-hybridized carbons (Fsp3) is 0.412. The van der Waals surface area contributed by atoms with Crippen molar-refractivity contribution >= 4 is 12.0 Å². The predicted molar refractivity (Wildman–Crippen MR) is 166 cm³/mol. The van der Waals surface area contributed by atoms with Gasteiger partial charge in [0.2, 0.25) is 0 Å². The molecule has 0 aromatic heterocycles. The van der Waals surface area contributed by atoms with Gasteiger partial charge in [-0.25, -0.2) is 4.99 Å². The lowest BCUT2D eigenvalue weighted by molar-refractivity contribution is -0.115. The molecule has 1 N–H and O–H groups in total. The Hall–Kier alpha value is -3.48. The van der Waals surface area contributed by atoms with Crippen LogP contribution < -0.4 is 5.32 Å². The van der Waals surface area contributed by atoms with E-state index in [9.17, 15) is 4.79 Å². The van der Waals surface area contributed by atoms with Crippen LogP contribution in [0, 0.1) is 0 Å². The minimum absolute atomic E-state index is 0.0375. The molecule has 2 aromatic rings. The molecule has 0 saturated carbocycles. The Morgan fingerprint density at radius 2 is 1.98 bits per heavy atom. The zero-order chi connectivity index (χ0) is 28.9. The van der Waals surface area contributed by atoms with Crippen molar-refractivity contribution in [2.24, 2.45) is 4.99 Å². The summed E-state index contributed by atoms with van der Waals surface area (Å²) in [7, 11) is 6.20. The van der Waals surface area contributed by atoms with E-state index < -0.39 is 0 Å². The molecule has 0 amide bonds. The molecule has 6 heteroatoms. The number of hydrogen-bond donors (Lipinski definition) is 1. The molecule has 1 aliphatic heterocycles. The summed E-state index contributed by atoms with van der Waals surface area (Å²) >= 11 is 0. The van der Waals surface area contributed by atoms with E-state index in [1.165, 1.54) is 11.1 Å². The van der Waals surface area contributed by atoms with Crippen molar-refractivity contribution < 1.29 is 9.53 Å². The third-order valence-electron chi connectivity index (χ3n) is 7.33. The molecular formula is C34H46N4O2. The molecule has 0 saturated heterocycles. The molecule has 0 fully saturated rings. The van der Waals surface area contributed by atoms with Crippen molar-refractivity contribution in [1.29, 1.82) is 0 Å². The monoisotopic (exact) mass is 542 g/mol. The number of nitrogens with zero attached hydrogens (tertiary/aromatic N) is 3. The maximum absolute atomic E-state index is 13.4. The maximum atomic E-state index is 13.4. The van der Waals surface area contributed by atoms with Gasteiger partial charge in [-0.3, -0.25) is 4.79 Å². The van der Waals surface area contributed by atoms with Gasteiger partial charge in [0.1, 0.15) is 5.82 Å². The molecule has 0 radical (unpaired) electrons. The number of likely N-dealkylation sites (N-methyl/N-ethyl adjacent to an activating group) is 1. The van der Waals surface area contributed by atoms with Crippen molar-refractivity contribution in [3.8, 4) is 0 Å². The van der Waals surface area contributed by atoms with Gasteiger partial charge < -0.3 is 19.9 Å². The summed E-state index contributed by atoms with van der Waals surface area (Å²) in [6, 6.07) is 19.1. The Labute approximate surface area is 241 Å². The number of ketones is 1. The molecule has 40 heavy (non-hydrogen) atoms. The van der Waals surface area contributed by atoms with E-state index in [1.54, 1.807) is 12.3 Å². The molecule has 0 bridgehead atoms. The smallest absolute Gasteiger partial charge is 0.166 e.